The van der Waals surface area contributed by atoms with E-state index < -0.39 is 15.3 Å². The Labute approximate surface area is 160 Å². The number of thioether (sulfide) groups is 1. The van der Waals surface area contributed by atoms with E-state index in [-0.39, 0.29) is 10.8 Å². The second kappa shape index (κ2) is 7.59. The lowest BCUT2D eigenvalue weighted by atomic mass is 10.3. The molecule has 0 saturated carbocycles. The third kappa shape index (κ3) is 4.59. The molecule has 1 unspecified atom stereocenters. The first-order valence-corrected chi connectivity index (χ1v) is 10.3. The number of primary sulfonamides is 1. The maximum atomic E-state index is 12.4. The van der Waals surface area contributed by atoms with Gasteiger partial charge in [0, 0.05) is 11.8 Å². The van der Waals surface area contributed by atoms with E-state index in [0.29, 0.717) is 16.6 Å². The monoisotopic (exact) mass is 406 g/mol. The minimum Gasteiger partial charge on any atom is -0.497 e. The Balaban J connectivity index is 1.71. The van der Waals surface area contributed by atoms with Crippen LogP contribution >= 0.6 is 11.8 Å². The first-order valence-electron chi connectivity index (χ1n) is 7.90. The summed E-state index contributed by atoms with van der Waals surface area (Å²) in [6, 6.07) is 11.3. The maximum absolute atomic E-state index is 12.4. The van der Waals surface area contributed by atoms with Crippen molar-refractivity contribution in [2.75, 3.05) is 12.4 Å². The normalized spacial score (nSPS) is 12.7. The molecule has 0 radical (unpaired) electrons. The number of benzene rings is 2. The molecule has 0 aliphatic carbocycles. The van der Waals surface area contributed by atoms with Crippen LogP contribution in [-0.2, 0) is 14.8 Å². The molecule has 1 amide bonds. The fourth-order valence-corrected chi connectivity index (χ4v) is 3.74. The van der Waals surface area contributed by atoms with Crippen LogP contribution < -0.4 is 15.2 Å². The van der Waals surface area contributed by atoms with Crippen molar-refractivity contribution < 1.29 is 17.9 Å². The van der Waals surface area contributed by atoms with Gasteiger partial charge in [0.1, 0.15) is 5.75 Å². The van der Waals surface area contributed by atoms with Gasteiger partial charge in [-0.25, -0.2) is 18.5 Å². The number of fused-ring (bicyclic) bond motifs is 1. The zero-order chi connectivity index (χ0) is 19.6. The quantitative estimate of drug-likeness (QED) is 0.539. The number of nitrogens with two attached hydrogens (primary N) is 1. The molecule has 2 aromatic carbocycles. The molecule has 4 N–H and O–H groups in total. The van der Waals surface area contributed by atoms with Crippen molar-refractivity contribution in [2.24, 2.45) is 5.14 Å². The fraction of sp³-hybridized carbons (Fsp3) is 0.176. The number of methoxy groups -OCH3 is 1. The highest BCUT2D eigenvalue weighted by Crippen LogP contribution is 2.26. The molecular weight excluding hydrogens is 388 g/mol. The molecule has 0 fully saturated rings. The number of hydrogen-bond acceptors (Lipinski definition) is 6. The Morgan fingerprint density at radius 2 is 2.07 bits per heavy atom. The van der Waals surface area contributed by atoms with Crippen molar-refractivity contribution in [1.29, 1.82) is 0 Å². The number of sulfonamides is 1. The van der Waals surface area contributed by atoms with Crippen LogP contribution in [0, 0.1) is 0 Å². The molecule has 3 rings (SSSR count). The van der Waals surface area contributed by atoms with Gasteiger partial charge >= 0.3 is 0 Å². The van der Waals surface area contributed by atoms with Crippen molar-refractivity contribution >= 4 is 44.4 Å². The average molecular weight is 406 g/mol. The molecule has 1 atom stereocenters. The van der Waals surface area contributed by atoms with Crippen LogP contribution in [0.4, 0.5) is 5.69 Å². The first kappa shape index (κ1) is 19.2. The van der Waals surface area contributed by atoms with Gasteiger partial charge in [-0.2, -0.15) is 0 Å². The first-order chi connectivity index (χ1) is 12.8. The van der Waals surface area contributed by atoms with Gasteiger partial charge in [-0.15, -0.1) is 0 Å². The van der Waals surface area contributed by atoms with Crippen LogP contribution in [0.3, 0.4) is 0 Å². The zero-order valence-corrected chi connectivity index (χ0v) is 16.2. The van der Waals surface area contributed by atoms with E-state index >= 15 is 0 Å². The number of carbonyl (C=O) groups is 1. The van der Waals surface area contributed by atoms with E-state index in [9.17, 15) is 13.2 Å². The number of amides is 1. The van der Waals surface area contributed by atoms with Gasteiger partial charge in [-0.1, -0.05) is 17.8 Å². The molecule has 1 heterocycles. The Morgan fingerprint density at radius 1 is 1.30 bits per heavy atom. The van der Waals surface area contributed by atoms with Crippen LogP contribution in [0.5, 0.6) is 5.75 Å². The van der Waals surface area contributed by atoms with Crippen molar-refractivity contribution in [3.8, 4) is 5.75 Å². The number of ether oxygens (including phenoxy) is 1. The molecule has 27 heavy (non-hydrogen) atoms. The lowest BCUT2D eigenvalue weighted by Crippen LogP contribution is -2.22. The van der Waals surface area contributed by atoms with E-state index in [1.54, 1.807) is 20.1 Å². The molecule has 8 nitrogen and oxygen atoms in total. The number of hydrogen-bond donors (Lipinski definition) is 3. The fourth-order valence-electron chi connectivity index (χ4n) is 2.36. The topological polar surface area (TPSA) is 127 Å². The average Bonchev–Trinajstić information content (AvgIpc) is 3.02. The number of carbonyl (C=O) groups excluding carboxylic acids is 1. The molecule has 1 aromatic heterocycles. The predicted molar refractivity (Wildman–Crippen MR) is 104 cm³/mol. The summed E-state index contributed by atoms with van der Waals surface area (Å²) >= 11 is 1.26. The number of H-pyrrole nitrogens is 1. The number of aromatic nitrogens is 2. The number of rotatable bonds is 6. The number of anilines is 1. The van der Waals surface area contributed by atoms with E-state index in [4.69, 9.17) is 9.88 Å². The Morgan fingerprint density at radius 3 is 2.78 bits per heavy atom. The molecule has 0 saturated heterocycles. The third-order valence-electron chi connectivity index (χ3n) is 3.76. The predicted octanol–water partition coefficient (Wildman–Crippen LogP) is 2.34. The van der Waals surface area contributed by atoms with Gasteiger partial charge in [-0.05, 0) is 37.3 Å². The molecule has 0 aliphatic rings. The van der Waals surface area contributed by atoms with Crippen LogP contribution in [-0.4, -0.2) is 36.7 Å². The minimum absolute atomic E-state index is 0.0631. The summed E-state index contributed by atoms with van der Waals surface area (Å²) in [5.41, 5.74) is 1.94. The van der Waals surface area contributed by atoms with Crippen molar-refractivity contribution in [3.63, 3.8) is 0 Å². The summed E-state index contributed by atoms with van der Waals surface area (Å²) in [5, 5.41) is 7.92. The zero-order valence-electron chi connectivity index (χ0n) is 14.6. The minimum atomic E-state index is -3.83. The van der Waals surface area contributed by atoms with Crippen LogP contribution in [0.1, 0.15) is 6.92 Å². The number of nitrogens with one attached hydrogen (secondary N) is 2. The molecule has 0 bridgehead atoms. The van der Waals surface area contributed by atoms with Crippen molar-refractivity contribution in [3.05, 3.63) is 42.5 Å². The number of nitrogens with zero attached hydrogens (tertiary/aromatic N) is 1. The highest BCUT2D eigenvalue weighted by molar-refractivity contribution is 8.00. The standard InChI is InChI=1S/C17H18N4O4S2/c1-10(16(22)19-11-4-3-5-13(8-11)27(18,23)24)26-17-20-14-7-6-12(25-2)9-15(14)21-17/h3-10H,1-2H3,(H,19,22)(H,20,21)(H2,18,23,24). The SMILES string of the molecule is COc1ccc2nc(SC(C)C(=O)Nc3cccc(S(N)(=O)=O)c3)[nH]c2c1. The largest absolute Gasteiger partial charge is 0.497 e. The van der Waals surface area contributed by atoms with E-state index in [1.165, 1.54) is 30.0 Å². The van der Waals surface area contributed by atoms with Gasteiger partial charge in [0.05, 0.1) is 28.3 Å². The van der Waals surface area contributed by atoms with Gasteiger partial charge in [0.15, 0.2) is 5.16 Å². The highest BCUT2D eigenvalue weighted by Gasteiger charge is 2.18. The smallest absolute Gasteiger partial charge is 0.238 e. The van der Waals surface area contributed by atoms with E-state index in [2.05, 4.69) is 15.3 Å². The van der Waals surface area contributed by atoms with E-state index in [0.717, 1.165) is 11.0 Å². The summed E-state index contributed by atoms with van der Waals surface area (Å²) in [6.45, 7) is 1.73. The molecule has 10 heteroatoms. The number of aromatic amines is 1. The summed E-state index contributed by atoms with van der Waals surface area (Å²) in [7, 11) is -2.24. The Bertz CT molecular complexity index is 1100. The van der Waals surface area contributed by atoms with Gasteiger partial charge in [0.25, 0.3) is 0 Å². The molecule has 0 spiro atoms. The van der Waals surface area contributed by atoms with Crippen molar-refractivity contribution in [2.45, 2.75) is 22.2 Å². The van der Waals surface area contributed by atoms with Gasteiger partial charge < -0.3 is 15.0 Å². The summed E-state index contributed by atoms with van der Waals surface area (Å²) in [6.07, 6.45) is 0. The molecular formula is C17H18N4O4S2. The van der Waals surface area contributed by atoms with Crippen LogP contribution in [0.15, 0.2) is 52.5 Å². The maximum Gasteiger partial charge on any atom is 0.238 e. The lowest BCUT2D eigenvalue weighted by Gasteiger charge is -2.11. The second-order valence-electron chi connectivity index (χ2n) is 5.75. The van der Waals surface area contributed by atoms with Crippen molar-refractivity contribution in [1.82, 2.24) is 9.97 Å². The summed E-state index contributed by atoms with van der Waals surface area (Å²) in [4.78, 5) is 19.9. The second-order valence-corrected chi connectivity index (χ2v) is 8.64. The summed E-state index contributed by atoms with van der Waals surface area (Å²) in [5.74, 6) is 0.424. The van der Waals surface area contributed by atoms with Crippen LogP contribution in [0.2, 0.25) is 0 Å². The number of imidazole rings is 1. The Hall–Kier alpha value is -2.56. The summed E-state index contributed by atoms with van der Waals surface area (Å²) < 4.78 is 28.0. The Kier molecular flexibility index (Phi) is 5.40. The molecule has 0 aliphatic heterocycles. The lowest BCUT2D eigenvalue weighted by molar-refractivity contribution is -0.115. The van der Waals surface area contributed by atoms with Crippen LogP contribution in [0.25, 0.3) is 11.0 Å². The van der Waals surface area contributed by atoms with E-state index in [1.807, 2.05) is 18.2 Å². The van der Waals surface area contributed by atoms with Gasteiger partial charge in [-0.3, -0.25) is 4.79 Å². The highest BCUT2D eigenvalue weighted by atomic mass is 32.2. The van der Waals surface area contributed by atoms with Gasteiger partial charge in [0.2, 0.25) is 15.9 Å². The third-order valence-corrected chi connectivity index (χ3v) is 5.65. The molecule has 3 aromatic rings. The molecule has 142 valence electrons.